The van der Waals surface area contributed by atoms with Gasteiger partial charge in [0.2, 0.25) is 0 Å². The summed E-state index contributed by atoms with van der Waals surface area (Å²) in [6.45, 7) is -0.0770. The molecule has 1 heterocycles. The molecule has 0 aliphatic rings. The Morgan fingerprint density at radius 3 is 2.46 bits per heavy atom. The Balaban J connectivity index is 1.88. The molecule has 1 N–H and O–H groups in total. The molecule has 0 saturated carbocycles. The fourth-order valence-electron chi connectivity index (χ4n) is 2.42. The molecule has 7 heteroatoms. The average molecular weight is 391 g/mol. The topological polar surface area (TPSA) is 51.1 Å². The zero-order chi connectivity index (χ0) is 18.7. The van der Waals surface area contributed by atoms with Gasteiger partial charge in [0, 0.05) is 27.5 Å². The third kappa shape index (κ3) is 3.95. The maximum atomic E-state index is 14.0. The number of pyridine rings is 1. The van der Waals surface area contributed by atoms with Crippen LogP contribution in [0.25, 0.3) is 0 Å². The largest absolute Gasteiger partial charge is 0.322 e. The second kappa shape index (κ2) is 7.72. The molecule has 2 aromatic carbocycles. The third-order valence-electron chi connectivity index (χ3n) is 3.76. The first kappa shape index (κ1) is 18.2. The molecule has 132 valence electrons. The van der Waals surface area contributed by atoms with Crippen molar-refractivity contribution in [3.05, 3.63) is 98.1 Å². The minimum Gasteiger partial charge on any atom is -0.322 e. The van der Waals surface area contributed by atoms with Gasteiger partial charge in [-0.3, -0.25) is 9.59 Å². The smallest absolute Gasteiger partial charge is 0.263 e. The van der Waals surface area contributed by atoms with E-state index in [1.165, 1.54) is 29.0 Å². The van der Waals surface area contributed by atoms with Gasteiger partial charge >= 0.3 is 0 Å². The summed E-state index contributed by atoms with van der Waals surface area (Å²) >= 11 is 11.8. The molecule has 1 aromatic heterocycles. The van der Waals surface area contributed by atoms with Gasteiger partial charge in [-0.2, -0.15) is 0 Å². The summed E-state index contributed by atoms with van der Waals surface area (Å²) < 4.78 is 15.2. The summed E-state index contributed by atoms with van der Waals surface area (Å²) in [6.07, 6.45) is 1.48. The van der Waals surface area contributed by atoms with Gasteiger partial charge in [-0.05, 0) is 48.5 Å². The van der Waals surface area contributed by atoms with Crippen molar-refractivity contribution >= 4 is 34.8 Å². The molecule has 0 aliphatic carbocycles. The van der Waals surface area contributed by atoms with Gasteiger partial charge in [0.15, 0.2) is 0 Å². The van der Waals surface area contributed by atoms with Crippen LogP contribution in [-0.2, 0) is 6.54 Å². The van der Waals surface area contributed by atoms with Gasteiger partial charge in [0.05, 0.1) is 6.54 Å². The highest BCUT2D eigenvalue weighted by Gasteiger charge is 2.14. The molecule has 4 nitrogen and oxygen atoms in total. The molecule has 3 aromatic rings. The number of aromatic nitrogens is 1. The first-order chi connectivity index (χ1) is 12.5. The van der Waals surface area contributed by atoms with E-state index in [0.717, 1.165) is 0 Å². The van der Waals surface area contributed by atoms with E-state index >= 15 is 0 Å². The highest BCUT2D eigenvalue weighted by atomic mass is 35.5. The number of amides is 1. The van der Waals surface area contributed by atoms with Crippen LogP contribution in [-0.4, -0.2) is 10.5 Å². The summed E-state index contributed by atoms with van der Waals surface area (Å²) in [5.41, 5.74) is 0.0890. The number of rotatable bonds is 4. The summed E-state index contributed by atoms with van der Waals surface area (Å²) in [6, 6.07) is 13.8. The van der Waals surface area contributed by atoms with E-state index in [9.17, 15) is 14.0 Å². The van der Waals surface area contributed by atoms with Crippen LogP contribution in [0.2, 0.25) is 10.0 Å². The monoisotopic (exact) mass is 390 g/mol. The molecular formula is C19H13Cl2FN2O2. The predicted octanol–water partition coefficient (Wildman–Crippen LogP) is 4.59. The second-order valence-corrected chi connectivity index (χ2v) is 6.36. The molecule has 0 bridgehead atoms. The Labute approximate surface area is 158 Å². The van der Waals surface area contributed by atoms with Crippen LogP contribution >= 0.6 is 23.2 Å². The maximum absolute atomic E-state index is 14.0. The van der Waals surface area contributed by atoms with E-state index in [0.29, 0.717) is 10.7 Å². The Morgan fingerprint density at radius 1 is 1.04 bits per heavy atom. The van der Waals surface area contributed by atoms with Crippen LogP contribution in [0.3, 0.4) is 0 Å². The number of benzene rings is 2. The molecule has 0 atom stereocenters. The second-order valence-electron chi connectivity index (χ2n) is 5.52. The fourth-order valence-corrected chi connectivity index (χ4v) is 2.77. The van der Waals surface area contributed by atoms with Crippen LogP contribution in [0, 0.1) is 5.82 Å². The first-order valence-electron chi connectivity index (χ1n) is 7.65. The maximum Gasteiger partial charge on any atom is 0.263 e. The van der Waals surface area contributed by atoms with Gasteiger partial charge in [-0.15, -0.1) is 0 Å². The van der Waals surface area contributed by atoms with Crippen molar-refractivity contribution in [1.29, 1.82) is 0 Å². The lowest BCUT2D eigenvalue weighted by Crippen LogP contribution is -2.29. The van der Waals surface area contributed by atoms with Crippen molar-refractivity contribution < 1.29 is 9.18 Å². The molecule has 0 aliphatic heterocycles. The standard InChI is InChI=1S/C19H13Cl2FN2O2/c20-12-6-8-13(9-7-12)23-18(25)14-3-2-10-24(19(14)26)11-15-16(21)4-1-5-17(15)22/h1-10H,11H2,(H,23,25). The van der Waals surface area contributed by atoms with Gasteiger partial charge in [0.25, 0.3) is 11.5 Å². The molecule has 0 fully saturated rings. The zero-order valence-electron chi connectivity index (χ0n) is 13.4. The third-order valence-corrected chi connectivity index (χ3v) is 4.36. The summed E-state index contributed by atoms with van der Waals surface area (Å²) in [4.78, 5) is 25.0. The molecular weight excluding hydrogens is 378 g/mol. The minimum atomic E-state index is -0.564. The van der Waals surface area contributed by atoms with Gasteiger partial charge in [-0.1, -0.05) is 29.3 Å². The van der Waals surface area contributed by atoms with Crippen molar-refractivity contribution in [2.24, 2.45) is 0 Å². The van der Waals surface area contributed by atoms with E-state index < -0.39 is 17.3 Å². The molecule has 1 amide bonds. The average Bonchev–Trinajstić information content (AvgIpc) is 2.61. The number of anilines is 1. The number of nitrogens with one attached hydrogen (secondary N) is 1. The molecule has 26 heavy (non-hydrogen) atoms. The lowest BCUT2D eigenvalue weighted by atomic mass is 10.2. The number of hydrogen-bond donors (Lipinski definition) is 1. The SMILES string of the molecule is O=C(Nc1ccc(Cl)cc1)c1cccn(Cc2c(F)cccc2Cl)c1=O. The quantitative estimate of drug-likeness (QED) is 0.707. The number of carbonyl (C=O) groups is 1. The van der Waals surface area contributed by atoms with E-state index in [1.807, 2.05) is 0 Å². The highest BCUT2D eigenvalue weighted by molar-refractivity contribution is 6.31. The number of hydrogen-bond acceptors (Lipinski definition) is 2. The van der Waals surface area contributed by atoms with Crippen molar-refractivity contribution in [2.75, 3.05) is 5.32 Å². The zero-order valence-corrected chi connectivity index (χ0v) is 14.9. The fraction of sp³-hybridized carbons (Fsp3) is 0.0526. The van der Waals surface area contributed by atoms with E-state index in [-0.39, 0.29) is 22.7 Å². The normalized spacial score (nSPS) is 10.6. The highest BCUT2D eigenvalue weighted by Crippen LogP contribution is 2.19. The minimum absolute atomic E-state index is 0.0603. The Kier molecular flexibility index (Phi) is 5.40. The van der Waals surface area contributed by atoms with Gasteiger partial charge < -0.3 is 9.88 Å². The lowest BCUT2D eigenvalue weighted by Gasteiger charge is -2.11. The number of halogens is 3. The molecule has 0 unspecified atom stereocenters. The van der Waals surface area contributed by atoms with Crippen molar-refractivity contribution in [2.45, 2.75) is 6.54 Å². The Hall–Kier alpha value is -2.63. The Bertz CT molecular complexity index is 997. The van der Waals surface area contributed by atoms with Crippen molar-refractivity contribution in [3.63, 3.8) is 0 Å². The molecule has 0 spiro atoms. The summed E-state index contributed by atoms with van der Waals surface area (Å²) in [5, 5.41) is 3.38. The number of nitrogens with zero attached hydrogens (tertiary/aromatic N) is 1. The molecule has 0 radical (unpaired) electrons. The van der Waals surface area contributed by atoms with Crippen LogP contribution in [0.4, 0.5) is 10.1 Å². The first-order valence-corrected chi connectivity index (χ1v) is 8.40. The number of carbonyl (C=O) groups excluding carboxylic acids is 1. The predicted molar refractivity (Wildman–Crippen MR) is 101 cm³/mol. The van der Waals surface area contributed by atoms with Crippen molar-refractivity contribution in [3.8, 4) is 0 Å². The van der Waals surface area contributed by atoms with Gasteiger partial charge in [0.1, 0.15) is 11.4 Å². The molecule has 3 rings (SSSR count). The van der Waals surface area contributed by atoms with Crippen LogP contribution < -0.4 is 10.9 Å². The van der Waals surface area contributed by atoms with Crippen LogP contribution in [0.5, 0.6) is 0 Å². The van der Waals surface area contributed by atoms with E-state index in [4.69, 9.17) is 23.2 Å². The molecule has 0 saturated heterocycles. The summed E-state index contributed by atoms with van der Waals surface area (Å²) in [7, 11) is 0. The Morgan fingerprint density at radius 2 is 1.77 bits per heavy atom. The van der Waals surface area contributed by atoms with E-state index in [2.05, 4.69) is 5.32 Å². The summed E-state index contributed by atoms with van der Waals surface area (Å²) in [5.74, 6) is -1.08. The van der Waals surface area contributed by atoms with Crippen LogP contribution in [0.1, 0.15) is 15.9 Å². The van der Waals surface area contributed by atoms with Crippen molar-refractivity contribution in [1.82, 2.24) is 4.57 Å². The van der Waals surface area contributed by atoms with Gasteiger partial charge in [-0.25, -0.2) is 4.39 Å². The van der Waals surface area contributed by atoms with Crippen LogP contribution in [0.15, 0.2) is 65.6 Å². The van der Waals surface area contributed by atoms with E-state index in [1.54, 1.807) is 36.4 Å². The lowest BCUT2D eigenvalue weighted by molar-refractivity contribution is 0.102.